The summed E-state index contributed by atoms with van der Waals surface area (Å²) in [5.41, 5.74) is 5.35. The van der Waals surface area contributed by atoms with E-state index in [-0.39, 0.29) is 25.7 Å². The highest BCUT2D eigenvalue weighted by atomic mass is 31.2. The fourth-order valence-corrected chi connectivity index (χ4v) is 6.42. The van der Waals surface area contributed by atoms with Crippen molar-refractivity contribution in [2.75, 3.05) is 19.8 Å². The molecule has 1 amide bonds. The second kappa shape index (κ2) is 34.1. The van der Waals surface area contributed by atoms with Crippen molar-refractivity contribution >= 4 is 13.7 Å². The van der Waals surface area contributed by atoms with Gasteiger partial charge in [-0.1, -0.05) is 174 Å². The van der Waals surface area contributed by atoms with Crippen LogP contribution in [0.4, 0.5) is 0 Å². The lowest BCUT2D eigenvalue weighted by Gasteiger charge is -2.23. The van der Waals surface area contributed by atoms with Gasteiger partial charge in [-0.25, -0.2) is 4.57 Å². The zero-order valence-corrected chi connectivity index (χ0v) is 31.0. The van der Waals surface area contributed by atoms with Crippen molar-refractivity contribution in [1.82, 2.24) is 5.32 Å². The Morgan fingerprint density at radius 3 is 1.54 bits per heavy atom. The number of unbranched alkanes of at least 4 members (excludes halogenated alkanes) is 24. The third kappa shape index (κ3) is 31.8. The topological polar surface area (TPSA) is 131 Å². The van der Waals surface area contributed by atoms with Gasteiger partial charge in [-0.2, -0.15) is 0 Å². The molecule has 0 spiro atoms. The number of allylic oxidation sites excluding steroid dienone is 1. The SMILES string of the molecule is CCCCCCCCCCCCCC/C=C/[C@@H](O)[C@H](COP(=O)(O)OCCN)NC(=O)CCCCCCCCCCCCCCC. The first-order valence-electron chi connectivity index (χ1n) is 19.3. The number of phosphoric acid groups is 1. The molecular weight excluding hydrogens is 599 g/mol. The van der Waals surface area contributed by atoms with Crippen molar-refractivity contribution in [3.05, 3.63) is 12.2 Å². The lowest BCUT2D eigenvalue weighted by molar-refractivity contribution is -0.123. The van der Waals surface area contributed by atoms with Gasteiger partial charge in [0, 0.05) is 13.0 Å². The summed E-state index contributed by atoms with van der Waals surface area (Å²) >= 11 is 0. The van der Waals surface area contributed by atoms with E-state index in [1.54, 1.807) is 6.08 Å². The van der Waals surface area contributed by atoms with Crippen molar-refractivity contribution < 1.29 is 28.4 Å². The number of aliphatic hydroxyl groups is 1. The largest absolute Gasteiger partial charge is 0.472 e. The Balaban J connectivity index is 4.29. The van der Waals surface area contributed by atoms with Crippen LogP contribution in [0.25, 0.3) is 0 Å². The second-order valence-corrected chi connectivity index (χ2v) is 14.6. The van der Waals surface area contributed by atoms with Crippen LogP contribution in [0.3, 0.4) is 0 Å². The summed E-state index contributed by atoms with van der Waals surface area (Å²) in [6.07, 6.45) is 35.3. The van der Waals surface area contributed by atoms with Crippen molar-refractivity contribution in [1.29, 1.82) is 0 Å². The van der Waals surface area contributed by atoms with Crippen LogP contribution in [0.5, 0.6) is 0 Å². The van der Waals surface area contributed by atoms with Crippen LogP contribution < -0.4 is 11.1 Å². The zero-order valence-electron chi connectivity index (χ0n) is 30.1. The number of carbonyl (C=O) groups excluding carboxylic acids is 1. The Kier molecular flexibility index (Phi) is 33.6. The average molecular weight is 675 g/mol. The van der Waals surface area contributed by atoms with E-state index in [1.165, 1.54) is 128 Å². The number of aliphatic hydroxyl groups excluding tert-OH is 1. The van der Waals surface area contributed by atoms with Crippen molar-refractivity contribution in [3.63, 3.8) is 0 Å². The molecule has 0 saturated carbocycles. The minimum Gasteiger partial charge on any atom is -0.387 e. The molecule has 46 heavy (non-hydrogen) atoms. The van der Waals surface area contributed by atoms with Gasteiger partial charge in [-0.15, -0.1) is 0 Å². The summed E-state index contributed by atoms with van der Waals surface area (Å²) in [7, 11) is -4.33. The molecule has 0 aromatic rings. The van der Waals surface area contributed by atoms with Crippen LogP contribution in [0.15, 0.2) is 12.2 Å². The number of rotatable bonds is 36. The highest BCUT2D eigenvalue weighted by molar-refractivity contribution is 7.47. The smallest absolute Gasteiger partial charge is 0.387 e. The van der Waals surface area contributed by atoms with Crippen molar-refractivity contribution in [2.24, 2.45) is 5.73 Å². The maximum Gasteiger partial charge on any atom is 0.472 e. The van der Waals surface area contributed by atoms with E-state index in [0.717, 1.165) is 38.5 Å². The minimum atomic E-state index is -4.33. The Hall–Kier alpha value is -0.760. The lowest BCUT2D eigenvalue weighted by atomic mass is 10.0. The van der Waals surface area contributed by atoms with Crippen LogP contribution in [0.2, 0.25) is 0 Å². The maximum atomic E-state index is 12.7. The van der Waals surface area contributed by atoms with Gasteiger partial charge >= 0.3 is 7.82 Å². The molecule has 0 aromatic carbocycles. The molecule has 0 saturated heterocycles. The molecule has 274 valence electrons. The maximum absolute atomic E-state index is 12.7. The van der Waals surface area contributed by atoms with E-state index in [0.29, 0.717) is 6.42 Å². The molecule has 5 N–H and O–H groups in total. The first kappa shape index (κ1) is 45.2. The molecule has 0 rings (SSSR count). The molecule has 0 bridgehead atoms. The summed E-state index contributed by atoms with van der Waals surface area (Å²) in [6.45, 7) is 4.13. The van der Waals surface area contributed by atoms with E-state index < -0.39 is 20.0 Å². The Labute approximate surface area is 284 Å². The van der Waals surface area contributed by atoms with Crippen LogP contribution >= 0.6 is 7.82 Å². The summed E-state index contributed by atoms with van der Waals surface area (Å²) in [5, 5.41) is 13.6. The van der Waals surface area contributed by atoms with Gasteiger partial charge in [0.05, 0.1) is 25.4 Å². The zero-order chi connectivity index (χ0) is 34.0. The van der Waals surface area contributed by atoms with Gasteiger partial charge in [-0.3, -0.25) is 13.8 Å². The van der Waals surface area contributed by atoms with Gasteiger partial charge < -0.3 is 21.1 Å². The predicted octanol–water partition coefficient (Wildman–Crippen LogP) is 10.1. The number of nitrogens with two attached hydrogens (primary N) is 1. The van der Waals surface area contributed by atoms with Crippen molar-refractivity contribution in [2.45, 2.75) is 199 Å². The highest BCUT2D eigenvalue weighted by Crippen LogP contribution is 2.43. The van der Waals surface area contributed by atoms with E-state index >= 15 is 0 Å². The Morgan fingerprint density at radius 1 is 0.696 bits per heavy atom. The van der Waals surface area contributed by atoms with Crippen LogP contribution in [-0.2, 0) is 18.4 Å². The molecule has 0 aliphatic carbocycles. The number of nitrogens with one attached hydrogen (secondary N) is 1. The van der Waals surface area contributed by atoms with E-state index in [2.05, 4.69) is 19.2 Å². The van der Waals surface area contributed by atoms with Crippen LogP contribution in [0.1, 0.15) is 187 Å². The fraction of sp³-hybridized carbons (Fsp3) is 0.919. The number of hydrogen-bond donors (Lipinski definition) is 4. The first-order chi connectivity index (χ1) is 22.4. The van der Waals surface area contributed by atoms with Gasteiger partial charge in [0.25, 0.3) is 0 Å². The number of hydrogen-bond acceptors (Lipinski definition) is 6. The van der Waals surface area contributed by atoms with Gasteiger partial charge in [0.2, 0.25) is 5.91 Å². The molecule has 0 fully saturated rings. The first-order valence-corrected chi connectivity index (χ1v) is 20.8. The van der Waals surface area contributed by atoms with E-state index in [1.807, 2.05) is 6.08 Å². The number of amides is 1. The van der Waals surface area contributed by atoms with Crippen LogP contribution in [0, 0.1) is 0 Å². The third-order valence-electron chi connectivity index (χ3n) is 8.61. The number of carbonyl (C=O) groups is 1. The monoisotopic (exact) mass is 675 g/mol. The van der Waals surface area contributed by atoms with E-state index in [9.17, 15) is 19.4 Å². The summed E-state index contributed by atoms with van der Waals surface area (Å²) in [5.74, 6) is -0.194. The molecule has 0 heterocycles. The normalized spacial score (nSPS) is 14.5. The van der Waals surface area contributed by atoms with E-state index in [4.69, 9.17) is 14.8 Å². The highest BCUT2D eigenvalue weighted by Gasteiger charge is 2.26. The molecule has 0 aliphatic rings. The molecule has 3 atom stereocenters. The molecule has 9 heteroatoms. The lowest BCUT2D eigenvalue weighted by Crippen LogP contribution is -2.45. The van der Waals surface area contributed by atoms with Crippen LogP contribution in [-0.4, -0.2) is 47.8 Å². The molecule has 0 aromatic heterocycles. The Bertz CT molecular complexity index is 739. The average Bonchev–Trinajstić information content (AvgIpc) is 3.04. The fourth-order valence-electron chi connectivity index (χ4n) is 5.66. The Morgan fingerprint density at radius 2 is 1.11 bits per heavy atom. The molecular formula is C37H75N2O6P. The third-order valence-corrected chi connectivity index (χ3v) is 9.60. The van der Waals surface area contributed by atoms with Gasteiger partial charge in [0.15, 0.2) is 0 Å². The summed E-state index contributed by atoms with van der Waals surface area (Å²) in [4.78, 5) is 22.6. The molecule has 0 radical (unpaired) electrons. The second-order valence-electron chi connectivity index (χ2n) is 13.1. The minimum absolute atomic E-state index is 0.0810. The summed E-state index contributed by atoms with van der Waals surface area (Å²) in [6, 6.07) is -0.852. The standard InChI is InChI=1S/C37H75N2O6P/c1-3-5-7-9-11-13-15-17-19-20-22-24-26-28-30-36(40)35(34-45-46(42,43)44-33-32-38)39-37(41)31-29-27-25-23-21-18-16-14-12-10-8-6-4-2/h28,30,35-36,40H,3-27,29,31-34,38H2,1-2H3,(H,39,41)(H,42,43)/b30-28+/t35-,36+/m0/s1. The molecule has 0 aliphatic heterocycles. The van der Waals surface area contributed by atoms with Gasteiger partial charge in [0.1, 0.15) is 0 Å². The van der Waals surface area contributed by atoms with Crippen molar-refractivity contribution in [3.8, 4) is 0 Å². The molecule has 8 nitrogen and oxygen atoms in total. The van der Waals surface area contributed by atoms with Gasteiger partial charge in [-0.05, 0) is 19.3 Å². The number of phosphoric ester groups is 1. The predicted molar refractivity (Wildman–Crippen MR) is 194 cm³/mol. The quantitative estimate of drug-likeness (QED) is 0.0295. The molecule has 1 unspecified atom stereocenters. The summed E-state index contributed by atoms with van der Waals surface area (Å²) < 4.78 is 22.0.